The van der Waals surface area contributed by atoms with Crippen molar-refractivity contribution in [3.05, 3.63) is 19.3 Å². The molecule has 0 heterocycles. The molecule has 1 aromatic carbocycles. The summed E-state index contributed by atoms with van der Waals surface area (Å²) in [5, 5.41) is 9.42. The molecule has 0 unspecified atom stereocenters. The fourth-order valence-corrected chi connectivity index (χ4v) is 2.34. The lowest BCUT2D eigenvalue weighted by atomic mass is 10.3. The second kappa shape index (κ2) is 3.79. The number of phenols is 1. The smallest absolute Gasteiger partial charge is 0.145 e. The Morgan fingerprint density at radius 3 is 2.55 bits per heavy atom. The van der Waals surface area contributed by atoms with Gasteiger partial charge in [-0.05, 0) is 57.3 Å². The molecular weight excluding hydrogens is 370 g/mol. The molecule has 0 radical (unpaired) electrons. The van der Waals surface area contributed by atoms with Crippen molar-refractivity contribution in [2.24, 2.45) is 0 Å². The zero-order valence-electron chi connectivity index (χ0n) is 5.77. The van der Waals surface area contributed by atoms with Crippen molar-refractivity contribution in [1.82, 2.24) is 0 Å². The third-order valence-electron chi connectivity index (χ3n) is 1.25. The van der Waals surface area contributed by atoms with Crippen molar-refractivity contribution in [3.8, 4) is 11.5 Å². The molecule has 0 aliphatic heterocycles. The molecule has 0 spiro atoms. The van der Waals surface area contributed by atoms with Crippen LogP contribution in [0, 0.1) is 7.14 Å². The Bertz CT molecular complexity index is 273. The molecule has 2 nitrogen and oxygen atoms in total. The summed E-state index contributed by atoms with van der Waals surface area (Å²) in [5.41, 5.74) is 0. The first-order valence-corrected chi connectivity index (χ1v) is 5.03. The lowest BCUT2D eigenvalue weighted by molar-refractivity contribution is 0.402. The molecule has 0 aliphatic rings. The molecule has 0 fully saturated rings. The van der Waals surface area contributed by atoms with Gasteiger partial charge >= 0.3 is 0 Å². The van der Waals surface area contributed by atoms with Gasteiger partial charge in [0, 0.05) is 0 Å². The van der Waals surface area contributed by atoms with Gasteiger partial charge in [-0.2, -0.15) is 0 Å². The molecule has 1 N–H and O–H groups in total. The maximum Gasteiger partial charge on any atom is 0.145 e. The van der Waals surface area contributed by atoms with Gasteiger partial charge in [-0.15, -0.1) is 0 Å². The third kappa shape index (κ3) is 1.90. The van der Waals surface area contributed by atoms with E-state index in [-0.39, 0.29) is 0 Å². The minimum Gasteiger partial charge on any atom is -0.506 e. The topological polar surface area (TPSA) is 29.5 Å². The van der Waals surface area contributed by atoms with Gasteiger partial charge in [0.15, 0.2) is 0 Å². The highest BCUT2D eigenvalue weighted by molar-refractivity contribution is 14.1. The zero-order valence-corrected chi connectivity index (χ0v) is 10.1. The molecule has 0 amide bonds. The van der Waals surface area contributed by atoms with Crippen LogP contribution in [-0.2, 0) is 0 Å². The normalized spacial score (nSPS) is 9.73. The van der Waals surface area contributed by atoms with Crippen LogP contribution in [0.15, 0.2) is 12.1 Å². The number of phenolic OH excluding ortho intramolecular Hbond substituents is 1. The fourth-order valence-electron chi connectivity index (χ4n) is 0.680. The van der Waals surface area contributed by atoms with Gasteiger partial charge in [0.05, 0.1) is 14.3 Å². The Balaban J connectivity index is 3.25. The summed E-state index contributed by atoms with van der Waals surface area (Å²) >= 11 is 4.12. The van der Waals surface area contributed by atoms with Crippen LogP contribution in [-0.4, -0.2) is 12.2 Å². The van der Waals surface area contributed by atoms with Crippen molar-refractivity contribution >= 4 is 45.2 Å². The number of ether oxygens (including phenoxy) is 1. The summed E-state index contributed by atoms with van der Waals surface area (Å²) in [6, 6.07) is 3.65. The van der Waals surface area contributed by atoms with Crippen molar-refractivity contribution in [2.75, 3.05) is 7.11 Å². The molecule has 0 aromatic heterocycles. The summed E-state index contributed by atoms with van der Waals surface area (Å²) in [7, 11) is 1.59. The van der Waals surface area contributed by atoms with Crippen LogP contribution in [0.5, 0.6) is 11.5 Å². The van der Waals surface area contributed by atoms with Crippen LogP contribution in [0.25, 0.3) is 0 Å². The van der Waals surface area contributed by atoms with E-state index in [1.54, 1.807) is 7.11 Å². The molecule has 0 aliphatic carbocycles. The van der Waals surface area contributed by atoms with E-state index in [0.717, 1.165) is 7.14 Å². The first kappa shape index (κ1) is 9.37. The molecule has 11 heavy (non-hydrogen) atoms. The highest BCUT2D eigenvalue weighted by Crippen LogP contribution is 2.32. The molecule has 0 bridgehead atoms. The predicted molar refractivity (Wildman–Crippen MR) is 60.1 cm³/mol. The second-order valence-electron chi connectivity index (χ2n) is 1.91. The van der Waals surface area contributed by atoms with Crippen molar-refractivity contribution < 1.29 is 9.84 Å². The highest BCUT2D eigenvalue weighted by atomic mass is 127. The molecule has 1 rings (SSSR count). The van der Waals surface area contributed by atoms with Gasteiger partial charge in [0.1, 0.15) is 11.5 Å². The molecule has 0 atom stereocenters. The summed E-state index contributed by atoms with van der Waals surface area (Å²) in [4.78, 5) is 0. The average Bonchev–Trinajstić information content (AvgIpc) is 2.01. The van der Waals surface area contributed by atoms with Gasteiger partial charge < -0.3 is 9.84 Å². The molecule has 4 heteroatoms. The fraction of sp³-hybridized carbons (Fsp3) is 0.143. The zero-order chi connectivity index (χ0) is 8.43. The number of methoxy groups -OCH3 is 1. The maximum atomic E-state index is 9.42. The summed E-state index contributed by atoms with van der Waals surface area (Å²) in [6.45, 7) is 0. The summed E-state index contributed by atoms with van der Waals surface area (Å²) < 4.78 is 6.61. The average molecular weight is 376 g/mol. The van der Waals surface area contributed by atoms with E-state index in [9.17, 15) is 5.11 Å². The maximum absolute atomic E-state index is 9.42. The molecule has 0 saturated heterocycles. The van der Waals surface area contributed by atoms with Crippen molar-refractivity contribution in [3.63, 3.8) is 0 Å². The van der Waals surface area contributed by atoms with Gasteiger partial charge in [-0.3, -0.25) is 0 Å². The van der Waals surface area contributed by atoms with Crippen molar-refractivity contribution in [2.45, 2.75) is 0 Å². The van der Waals surface area contributed by atoms with E-state index in [1.165, 1.54) is 0 Å². The van der Waals surface area contributed by atoms with Crippen LogP contribution < -0.4 is 4.74 Å². The van der Waals surface area contributed by atoms with Gasteiger partial charge in [0.2, 0.25) is 0 Å². The second-order valence-corrected chi connectivity index (χ2v) is 4.15. The first-order valence-electron chi connectivity index (χ1n) is 2.87. The number of hydrogen-bond donors (Lipinski definition) is 1. The van der Waals surface area contributed by atoms with Crippen LogP contribution in [0.2, 0.25) is 0 Å². The summed E-state index contributed by atoms with van der Waals surface area (Å²) in [6.07, 6.45) is 0. The molecular formula is C7H6I2O2. The minimum atomic E-state index is 0.297. The Kier molecular flexibility index (Phi) is 3.23. The summed E-state index contributed by atoms with van der Waals surface area (Å²) in [5.74, 6) is 1.01. The first-order chi connectivity index (χ1) is 5.16. The molecule has 1 aromatic rings. The number of rotatable bonds is 1. The van der Waals surface area contributed by atoms with E-state index in [2.05, 4.69) is 45.2 Å². The highest BCUT2D eigenvalue weighted by Gasteiger charge is 2.07. The van der Waals surface area contributed by atoms with Crippen LogP contribution in [0.4, 0.5) is 0 Å². The monoisotopic (exact) mass is 376 g/mol. The van der Waals surface area contributed by atoms with Gasteiger partial charge in [-0.25, -0.2) is 0 Å². The quantitative estimate of drug-likeness (QED) is 0.764. The largest absolute Gasteiger partial charge is 0.506 e. The van der Waals surface area contributed by atoms with E-state index in [0.29, 0.717) is 11.5 Å². The SMILES string of the molecule is COc1ccc(I)c(O)c1I. The number of halogens is 2. The van der Waals surface area contributed by atoms with Gasteiger partial charge in [0.25, 0.3) is 0 Å². The van der Waals surface area contributed by atoms with Crippen LogP contribution in [0.1, 0.15) is 0 Å². The van der Waals surface area contributed by atoms with E-state index in [1.807, 2.05) is 12.1 Å². The Hall–Kier alpha value is 0.280. The van der Waals surface area contributed by atoms with E-state index < -0.39 is 0 Å². The standard InChI is InChI=1S/C7H6I2O2/c1-11-5-3-2-4(8)7(10)6(5)9/h2-3,10H,1H3. The Labute approximate surface area is 92.2 Å². The van der Waals surface area contributed by atoms with E-state index >= 15 is 0 Å². The van der Waals surface area contributed by atoms with Crippen LogP contribution in [0.3, 0.4) is 0 Å². The van der Waals surface area contributed by atoms with Crippen LogP contribution >= 0.6 is 45.2 Å². The third-order valence-corrected chi connectivity index (χ3v) is 3.16. The molecule has 60 valence electrons. The Morgan fingerprint density at radius 2 is 2.00 bits per heavy atom. The van der Waals surface area contributed by atoms with Crippen molar-refractivity contribution in [1.29, 1.82) is 0 Å². The van der Waals surface area contributed by atoms with Gasteiger partial charge in [-0.1, -0.05) is 0 Å². The predicted octanol–water partition coefficient (Wildman–Crippen LogP) is 2.61. The van der Waals surface area contributed by atoms with E-state index in [4.69, 9.17) is 4.74 Å². The lowest BCUT2D eigenvalue weighted by Gasteiger charge is -2.05. The molecule has 0 saturated carbocycles. The lowest BCUT2D eigenvalue weighted by Crippen LogP contribution is -1.88. The minimum absolute atomic E-state index is 0.297. The number of aromatic hydroxyl groups is 1. The number of benzene rings is 1. The number of hydrogen-bond acceptors (Lipinski definition) is 2. The Morgan fingerprint density at radius 1 is 1.36 bits per heavy atom.